The molecule has 0 heterocycles. The van der Waals surface area contributed by atoms with Crippen LogP contribution in [0, 0.1) is 6.92 Å². The predicted molar refractivity (Wildman–Crippen MR) is 145 cm³/mol. The van der Waals surface area contributed by atoms with Crippen molar-refractivity contribution in [3.8, 4) is 5.75 Å². The zero-order valence-electron chi connectivity index (χ0n) is 21.2. The van der Waals surface area contributed by atoms with Gasteiger partial charge in [-0.3, -0.25) is 4.79 Å². The van der Waals surface area contributed by atoms with Crippen molar-refractivity contribution in [1.29, 1.82) is 0 Å². The van der Waals surface area contributed by atoms with Gasteiger partial charge in [0.05, 0.1) is 24.9 Å². The standard InChI is InChI=1S/C28H32N4O5/c1-19-6-4-5-7-24(19)30-28(36)31-25-13-8-20(17-26(25)37-3)16-23(33)18-29-14-15-32(2)22-11-9-21(10-12-22)27(34)35/h4-13,17,29H,14-16,18H2,1-3H3,(H,34,35)(H2,30,31,36). The second-order valence-electron chi connectivity index (χ2n) is 8.59. The van der Waals surface area contributed by atoms with Crippen LogP contribution in [-0.4, -0.2) is 56.7 Å². The summed E-state index contributed by atoms with van der Waals surface area (Å²) in [4.78, 5) is 37.9. The number of Topliss-reactive ketones (excluding diaryl/α,β-unsaturated/α-hetero) is 1. The fraction of sp³-hybridized carbons (Fsp3) is 0.250. The fourth-order valence-electron chi connectivity index (χ4n) is 3.69. The number of carboxylic acids is 1. The number of amides is 2. The highest BCUT2D eigenvalue weighted by atomic mass is 16.5. The quantitative estimate of drug-likeness (QED) is 0.273. The highest BCUT2D eigenvalue weighted by molar-refractivity contribution is 6.01. The maximum absolute atomic E-state index is 12.5. The number of hydrogen-bond acceptors (Lipinski definition) is 6. The molecular weight excluding hydrogens is 472 g/mol. The first-order valence-electron chi connectivity index (χ1n) is 11.8. The number of anilines is 3. The molecule has 0 radical (unpaired) electrons. The van der Waals surface area contributed by atoms with Gasteiger partial charge in [-0.2, -0.15) is 0 Å². The molecule has 3 rings (SSSR count). The lowest BCUT2D eigenvalue weighted by Crippen LogP contribution is -2.32. The molecule has 0 fully saturated rings. The first kappa shape index (κ1) is 27.2. The van der Waals surface area contributed by atoms with Crippen LogP contribution in [0.1, 0.15) is 21.5 Å². The Bertz CT molecular complexity index is 1240. The number of carboxylic acid groups (broad SMARTS) is 1. The zero-order chi connectivity index (χ0) is 26.8. The van der Waals surface area contributed by atoms with Gasteiger partial charge in [-0.25, -0.2) is 9.59 Å². The second-order valence-corrected chi connectivity index (χ2v) is 8.59. The molecule has 37 heavy (non-hydrogen) atoms. The number of aryl methyl sites for hydroxylation is 1. The van der Waals surface area contributed by atoms with Crippen molar-refractivity contribution < 1.29 is 24.2 Å². The summed E-state index contributed by atoms with van der Waals surface area (Å²) in [5.41, 5.74) is 4.09. The van der Waals surface area contributed by atoms with Gasteiger partial charge < -0.3 is 30.7 Å². The van der Waals surface area contributed by atoms with Gasteiger partial charge in [-0.15, -0.1) is 0 Å². The molecule has 0 aliphatic heterocycles. The van der Waals surface area contributed by atoms with Crippen molar-refractivity contribution in [2.24, 2.45) is 0 Å². The molecule has 0 aromatic heterocycles. The third kappa shape index (κ3) is 8.08. The third-order valence-corrected chi connectivity index (χ3v) is 5.81. The van der Waals surface area contributed by atoms with E-state index >= 15 is 0 Å². The molecule has 0 aliphatic rings. The van der Waals surface area contributed by atoms with Gasteiger partial charge in [0, 0.05) is 37.9 Å². The average molecular weight is 505 g/mol. The molecular formula is C28H32N4O5. The molecule has 3 aromatic rings. The van der Waals surface area contributed by atoms with E-state index in [-0.39, 0.29) is 30.3 Å². The van der Waals surface area contributed by atoms with Gasteiger partial charge in [0.25, 0.3) is 0 Å². The number of likely N-dealkylation sites (N-methyl/N-ethyl adjacent to an activating group) is 1. The van der Waals surface area contributed by atoms with E-state index in [9.17, 15) is 14.4 Å². The lowest BCUT2D eigenvalue weighted by atomic mass is 10.1. The van der Waals surface area contributed by atoms with Crippen LogP contribution >= 0.6 is 0 Å². The van der Waals surface area contributed by atoms with Crippen LogP contribution in [-0.2, 0) is 11.2 Å². The van der Waals surface area contributed by atoms with Crippen molar-refractivity contribution in [3.05, 3.63) is 83.4 Å². The van der Waals surface area contributed by atoms with Gasteiger partial charge in [0.15, 0.2) is 5.78 Å². The van der Waals surface area contributed by atoms with E-state index in [0.717, 1.165) is 22.5 Å². The van der Waals surface area contributed by atoms with Gasteiger partial charge in [0.2, 0.25) is 0 Å². The van der Waals surface area contributed by atoms with Crippen molar-refractivity contribution in [2.75, 3.05) is 49.3 Å². The minimum Gasteiger partial charge on any atom is -0.495 e. The van der Waals surface area contributed by atoms with Crippen molar-refractivity contribution in [3.63, 3.8) is 0 Å². The third-order valence-electron chi connectivity index (χ3n) is 5.81. The van der Waals surface area contributed by atoms with Crippen LogP contribution in [0.5, 0.6) is 5.75 Å². The Morgan fingerprint density at radius 1 is 0.946 bits per heavy atom. The maximum atomic E-state index is 12.5. The minimum absolute atomic E-state index is 0.0218. The Morgan fingerprint density at radius 3 is 2.32 bits per heavy atom. The Labute approximate surface area is 216 Å². The summed E-state index contributed by atoms with van der Waals surface area (Å²) >= 11 is 0. The monoisotopic (exact) mass is 504 g/mol. The largest absolute Gasteiger partial charge is 0.495 e. The second kappa shape index (κ2) is 13.1. The van der Waals surface area contributed by atoms with Crippen LogP contribution in [0.2, 0.25) is 0 Å². The van der Waals surface area contributed by atoms with Gasteiger partial charge >= 0.3 is 12.0 Å². The summed E-state index contributed by atoms with van der Waals surface area (Å²) in [6.07, 6.45) is 0.228. The number of hydrogen-bond donors (Lipinski definition) is 4. The normalized spacial score (nSPS) is 10.5. The smallest absolute Gasteiger partial charge is 0.335 e. The molecule has 194 valence electrons. The molecule has 2 amide bonds. The molecule has 0 saturated carbocycles. The first-order chi connectivity index (χ1) is 17.8. The van der Waals surface area contributed by atoms with E-state index in [1.807, 2.05) is 43.1 Å². The van der Waals surface area contributed by atoms with Gasteiger partial charge in [-0.05, 0) is 60.5 Å². The number of benzene rings is 3. The van der Waals surface area contributed by atoms with E-state index in [2.05, 4.69) is 16.0 Å². The number of nitrogens with one attached hydrogen (secondary N) is 3. The molecule has 0 aliphatic carbocycles. The predicted octanol–water partition coefficient (Wildman–Crippen LogP) is 4.18. The molecule has 0 saturated heterocycles. The summed E-state index contributed by atoms with van der Waals surface area (Å²) in [5.74, 6) is -0.469. The molecule has 0 bridgehead atoms. The molecule has 0 unspecified atom stereocenters. The first-order valence-corrected chi connectivity index (χ1v) is 11.8. The van der Waals surface area contributed by atoms with Crippen LogP contribution in [0.3, 0.4) is 0 Å². The van der Waals surface area contributed by atoms with Gasteiger partial charge in [0.1, 0.15) is 5.75 Å². The fourth-order valence-corrected chi connectivity index (χ4v) is 3.69. The van der Waals surface area contributed by atoms with Crippen molar-refractivity contribution in [1.82, 2.24) is 5.32 Å². The van der Waals surface area contributed by atoms with Crippen molar-refractivity contribution in [2.45, 2.75) is 13.3 Å². The number of rotatable bonds is 12. The Morgan fingerprint density at radius 2 is 1.65 bits per heavy atom. The number of carbonyl (C=O) groups excluding carboxylic acids is 2. The molecule has 9 heteroatoms. The lowest BCUT2D eigenvalue weighted by Gasteiger charge is -2.19. The summed E-state index contributed by atoms with van der Waals surface area (Å²) in [6, 6.07) is 19.0. The number of ether oxygens (including phenoxy) is 1. The highest BCUT2D eigenvalue weighted by Crippen LogP contribution is 2.26. The molecule has 0 spiro atoms. The molecule has 4 N–H and O–H groups in total. The minimum atomic E-state index is -0.957. The van der Waals surface area contributed by atoms with E-state index in [4.69, 9.17) is 9.84 Å². The van der Waals surface area contributed by atoms with E-state index in [0.29, 0.717) is 24.5 Å². The number of carbonyl (C=O) groups is 3. The van der Waals surface area contributed by atoms with Crippen molar-refractivity contribution >= 4 is 34.8 Å². The number of ketones is 1. The number of urea groups is 1. The number of nitrogens with zero attached hydrogens (tertiary/aromatic N) is 1. The van der Waals surface area contributed by atoms with Crippen LogP contribution in [0.25, 0.3) is 0 Å². The summed E-state index contributed by atoms with van der Waals surface area (Å²) in [5, 5.41) is 17.7. The number of aromatic carboxylic acids is 1. The molecule has 9 nitrogen and oxygen atoms in total. The van der Waals surface area contributed by atoms with E-state index < -0.39 is 5.97 Å². The SMILES string of the molecule is COc1cc(CC(=O)CNCCN(C)c2ccc(C(=O)O)cc2)ccc1NC(=O)Nc1ccccc1C. The van der Waals surface area contributed by atoms with Crippen LogP contribution in [0.15, 0.2) is 66.7 Å². The molecule has 3 aromatic carbocycles. The summed E-state index contributed by atoms with van der Waals surface area (Å²) in [7, 11) is 3.42. The topological polar surface area (TPSA) is 120 Å². The molecule has 0 atom stereocenters. The summed E-state index contributed by atoms with van der Waals surface area (Å²) < 4.78 is 5.42. The van der Waals surface area contributed by atoms with E-state index in [1.165, 1.54) is 7.11 Å². The summed E-state index contributed by atoms with van der Waals surface area (Å²) in [6.45, 7) is 3.37. The average Bonchev–Trinajstić information content (AvgIpc) is 2.88. The Hall–Kier alpha value is -4.37. The number of para-hydroxylation sites is 1. The Kier molecular flexibility index (Phi) is 9.62. The van der Waals surface area contributed by atoms with Crippen LogP contribution in [0.4, 0.5) is 21.9 Å². The zero-order valence-corrected chi connectivity index (χ0v) is 21.2. The van der Waals surface area contributed by atoms with E-state index in [1.54, 1.807) is 42.5 Å². The lowest BCUT2D eigenvalue weighted by molar-refractivity contribution is -0.117. The van der Waals surface area contributed by atoms with Gasteiger partial charge in [-0.1, -0.05) is 24.3 Å². The number of methoxy groups -OCH3 is 1. The highest BCUT2D eigenvalue weighted by Gasteiger charge is 2.12. The Balaban J connectivity index is 1.45. The van der Waals surface area contributed by atoms with Crippen LogP contribution < -0.4 is 25.6 Å². The maximum Gasteiger partial charge on any atom is 0.335 e.